The maximum Gasteiger partial charge on any atom is 0.147 e. The average molecular weight is 229 g/mol. The van der Waals surface area contributed by atoms with Crippen LogP contribution in [-0.4, -0.2) is 32.6 Å². The predicted molar refractivity (Wildman–Crippen MR) is 66.4 cm³/mol. The van der Waals surface area contributed by atoms with Gasteiger partial charge in [0.1, 0.15) is 6.79 Å². The molecule has 1 fully saturated rings. The Labute approximate surface area is 99.9 Å². The summed E-state index contributed by atoms with van der Waals surface area (Å²) in [5.41, 5.74) is 0. The summed E-state index contributed by atoms with van der Waals surface area (Å²) < 4.78 is 11.2. The predicted octanol–water partition coefficient (Wildman–Crippen LogP) is 2.41. The van der Waals surface area contributed by atoms with E-state index in [1.165, 1.54) is 12.8 Å². The lowest BCUT2D eigenvalue weighted by atomic mass is 9.99. The quantitative estimate of drug-likeness (QED) is 0.537. The highest BCUT2D eigenvalue weighted by Crippen LogP contribution is 2.13. The monoisotopic (exact) mass is 229 g/mol. The van der Waals surface area contributed by atoms with Crippen molar-refractivity contribution in [2.45, 2.75) is 46.1 Å². The van der Waals surface area contributed by atoms with E-state index in [1.54, 1.807) is 0 Å². The summed E-state index contributed by atoms with van der Waals surface area (Å²) in [4.78, 5) is 0. The van der Waals surface area contributed by atoms with Gasteiger partial charge >= 0.3 is 0 Å². The van der Waals surface area contributed by atoms with Crippen molar-refractivity contribution in [3.63, 3.8) is 0 Å². The molecule has 0 aromatic heterocycles. The van der Waals surface area contributed by atoms with Gasteiger partial charge in [0, 0.05) is 0 Å². The molecule has 0 radical (unpaired) electrons. The topological polar surface area (TPSA) is 30.5 Å². The van der Waals surface area contributed by atoms with Crippen LogP contribution in [0.25, 0.3) is 0 Å². The summed E-state index contributed by atoms with van der Waals surface area (Å²) in [6, 6.07) is 0. The van der Waals surface area contributed by atoms with Crippen molar-refractivity contribution in [2.24, 2.45) is 11.8 Å². The van der Waals surface area contributed by atoms with E-state index in [0.717, 1.165) is 32.0 Å². The SMILES string of the molecule is CCC(C)C(C)OCOCC1CCNCC1. The fraction of sp³-hybridized carbons (Fsp3) is 1.00. The molecule has 0 bridgehead atoms. The maximum absolute atomic E-state index is 5.65. The van der Waals surface area contributed by atoms with Gasteiger partial charge in [-0.1, -0.05) is 20.3 Å². The molecule has 2 unspecified atom stereocenters. The molecule has 1 N–H and O–H groups in total. The van der Waals surface area contributed by atoms with Gasteiger partial charge in [0.2, 0.25) is 0 Å². The Bertz CT molecular complexity index is 165. The van der Waals surface area contributed by atoms with Gasteiger partial charge in [0.25, 0.3) is 0 Å². The van der Waals surface area contributed by atoms with Gasteiger partial charge < -0.3 is 14.8 Å². The molecule has 1 saturated heterocycles. The van der Waals surface area contributed by atoms with Crippen molar-refractivity contribution in [1.29, 1.82) is 0 Å². The van der Waals surface area contributed by atoms with Crippen LogP contribution in [0.2, 0.25) is 0 Å². The van der Waals surface area contributed by atoms with E-state index in [4.69, 9.17) is 9.47 Å². The Morgan fingerprint density at radius 1 is 1.25 bits per heavy atom. The molecule has 0 spiro atoms. The van der Waals surface area contributed by atoms with Gasteiger partial charge in [-0.05, 0) is 44.7 Å². The lowest BCUT2D eigenvalue weighted by molar-refractivity contribution is -0.107. The first kappa shape index (κ1) is 13.9. The Balaban J connectivity index is 1.98. The van der Waals surface area contributed by atoms with Crippen LogP contribution >= 0.6 is 0 Å². The van der Waals surface area contributed by atoms with Crippen LogP contribution in [0.4, 0.5) is 0 Å². The summed E-state index contributed by atoms with van der Waals surface area (Å²) in [6.45, 7) is 10.1. The van der Waals surface area contributed by atoms with Gasteiger partial charge in [-0.3, -0.25) is 0 Å². The van der Waals surface area contributed by atoms with E-state index in [2.05, 4.69) is 26.1 Å². The highest BCUT2D eigenvalue weighted by atomic mass is 16.7. The summed E-state index contributed by atoms with van der Waals surface area (Å²) >= 11 is 0. The van der Waals surface area contributed by atoms with Gasteiger partial charge in [-0.25, -0.2) is 0 Å². The molecule has 0 aliphatic carbocycles. The zero-order valence-corrected chi connectivity index (χ0v) is 11.0. The minimum absolute atomic E-state index is 0.304. The number of piperidine rings is 1. The lowest BCUT2D eigenvalue weighted by Gasteiger charge is -2.23. The van der Waals surface area contributed by atoms with E-state index in [-0.39, 0.29) is 0 Å². The lowest BCUT2D eigenvalue weighted by Crippen LogP contribution is -2.30. The summed E-state index contributed by atoms with van der Waals surface area (Å²) in [5.74, 6) is 1.34. The molecule has 1 heterocycles. The first-order valence-electron chi connectivity index (χ1n) is 6.64. The van der Waals surface area contributed by atoms with Crippen LogP contribution in [0.3, 0.4) is 0 Å². The first-order chi connectivity index (χ1) is 7.74. The second-order valence-electron chi connectivity index (χ2n) is 4.94. The van der Waals surface area contributed by atoms with E-state index in [1.807, 2.05) is 0 Å². The van der Waals surface area contributed by atoms with Crippen LogP contribution in [0.1, 0.15) is 40.0 Å². The van der Waals surface area contributed by atoms with Crippen molar-refractivity contribution < 1.29 is 9.47 Å². The Hall–Kier alpha value is -0.120. The molecule has 0 amide bonds. The summed E-state index contributed by atoms with van der Waals surface area (Å²) in [5, 5.41) is 3.36. The van der Waals surface area contributed by atoms with E-state index >= 15 is 0 Å². The van der Waals surface area contributed by atoms with E-state index < -0.39 is 0 Å². The molecule has 3 heteroatoms. The van der Waals surface area contributed by atoms with Crippen molar-refractivity contribution >= 4 is 0 Å². The third-order valence-corrected chi connectivity index (χ3v) is 3.67. The smallest absolute Gasteiger partial charge is 0.147 e. The third-order valence-electron chi connectivity index (χ3n) is 3.67. The third kappa shape index (κ3) is 5.28. The van der Waals surface area contributed by atoms with Crippen LogP contribution in [-0.2, 0) is 9.47 Å². The number of hydrogen-bond donors (Lipinski definition) is 1. The molecular formula is C13H27NO2. The fourth-order valence-electron chi connectivity index (χ4n) is 1.91. The second-order valence-corrected chi connectivity index (χ2v) is 4.94. The minimum Gasteiger partial charge on any atom is -0.355 e. The van der Waals surface area contributed by atoms with Crippen molar-refractivity contribution in [2.75, 3.05) is 26.5 Å². The van der Waals surface area contributed by atoms with Gasteiger partial charge in [-0.15, -0.1) is 0 Å². The maximum atomic E-state index is 5.65. The average Bonchev–Trinajstić information content (AvgIpc) is 2.34. The van der Waals surface area contributed by atoms with Crippen LogP contribution in [0.5, 0.6) is 0 Å². The number of nitrogens with one attached hydrogen (secondary N) is 1. The standard InChI is InChI=1S/C13H27NO2/c1-4-11(2)12(3)16-10-15-9-13-5-7-14-8-6-13/h11-14H,4-10H2,1-3H3. The number of hydrogen-bond acceptors (Lipinski definition) is 3. The molecule has 0 aromatic rings. The van der Waals surface area contributed by atoms with Crippen LogP contribution < -0.4 is 5.32 Å². The fourth-order valence-corrected chi connectivity index (χ4v) is 1.91. The minimum atomic E-state index is 0.304. The highest BCUT2D eigenvalue weighted by molar-refractivity contribution is 4.67. The molecule has 2 atom stereocenters. The normalized spacial score (nSPS) is 21.9. The van der Waals surface area contributed by atoms with Crippen molar-refractivity contribution in [1.82, 2.24) is 5.32 Å². The van der Waals surface area contributed by atoms with Gasteiger partial charge in [-0.2, -0.15) is 0 Å². The summed E-state index contributed by atoms with van der Waals surface area (Å²) in [6.07, 6.45) is 3.94. The van der Waals surface area contributed by atoms with E-state index in [0.29, 0.717) is 18.8 Å². The molecule has 96 valence electrons. The molecule has 0 saturated carbocycles. The Morgan fingerprint density at radius 3 is 2.56 bits per heavy atom. The molecular weight excluding hydrogens is 202 g/mol. The van der Waals surface area contributed by atoms with Crippen molar-refractivity contribution in [3.05, 3.63) is 0 Å². The molecule has 1 rings (SSSR count). The molecule has 0 aromatic carbocycles. The number of ether oxygens (including phenoxy) is 2. The molecule has 1 aliphatic rings. The second kappa shape index (κ2) is 8.04. The molecule has 16 heavy (non-hydrogen) atoms. The van der Waals surface area contributed by atoms with Gasteiger partial charge in [0.05, 0.1) is 12.7 Å². The number of rotatable bonds is 7. The van der Waals surface area contributed by atoms with Crippen molar-refractivity contribution in [3.8, 4) is 0 Å². The van der Waals surface area contributed by atoms with Crippen LogP contribution in [0, 0.1) is 11.8 Å². The Morgan fingerprint density at radius 2 is 1.94 bits per heavy atom. The largest absolute Gasteiger partial charge is 0.355 e. The van der Waals surface area contributed by atoms with Gasteiger partial charge in [0.15, 0.2) is 0 Å². The molecule has 3 nitrogen and oxygen atoms in total. The first-order valence-corrected chi connectivity index (χ1v) is 6.64. The highest BCUT2D eigenvalue weighted by Gasteiger charge is 2.14. The Kier molecular flexibility index (Phi) is 7.01. The zero-order valence-electron chi connectivity index (χ0n) is 11.0. The summed E-state index contributed by atoms with van der Waals surface area (Å²) in [7, 11) is 0. The zero-order chi connectivity index (χ0) is 11.8. The molecule has 1 aliphatic heterocycles. The van der Waals surface area contributed by atoms with Crippen LogP contribution in [0.15, 0.2) is 0 Å². The van der Waals surface area contributed by atoms with E-state index in [9.17, 15) is 0 Å².